The Hall–Kier alpha value is -4.90. The number of ketones is 1. The number of fused-ring (bicyclic) bond motifs is 1. The van der Waals surface area contributed by atoms with E-state index in [1.807, 2.05) is 0 Å². The number of halogens is 11. The van der Waals surface area contributed by atoms with Gasteiger partial charge in [0.25, 0.3) is 5.91 Å². The Morgan fingerprint density at radius 2 is 1.52 bits per heavy atom. The smallest absolute Gasteiger partial charge is 0.459 e. The number of benzene rings is 2. The zero-order valence-corrected chi connectivity index (χ0v) is 24.5. The van der Waals surface area contributed by atoms with E-state index in [1.165, 1.54) is 25.2 Å². The number of Topliss-reactive ketones (excluding diaryl/α,β-unsaturated/α-hetero) is 1. The quantitative estimate of drug-likeness (QED) is 0.121. The average molecular weight is 698 g/mol. The van der Waals surface area contributed by atoms with Crippen LogP contribution >= 0.6 is 0 Å². The van der Waals surface area contributed by atoms with E-state index in [1.54, 1.807) is 0 Å². The van der Waals surface area contributed by atoms with E-state index in [9.17, 15) is 57.9 Å². The number of rotatable bonds is 11. The van der Waals surface area contributed by atoms with Gasteiger partial charge in [0.05, 0.1) is 23.6 Å². The zero-order valence-electron chi connectivity index (χ0n) is 24.5. The molecule has 0 aliphatic rings. The SMILES string of the molecule is CNC(=O)c1c(-c2ccc(F)cc2)oc2nc(NCC(F)(F)F)c(-c3ccc(OC)c(C(=O)CCC(F)(F)C(F)(F)C(F)(F)F)c3)cc12. The summed E-state index contributed by atoms with van der Waals surface area (Å²) in [6.45, 7) is -1.64. The number of pyridine rings is 1. The van der Waals surface area contributed by atoms with Crippen molar-refractivity contribution in [3.8, 4) is 28.2 Å². The third-order valence-corrected chi connectivity index (χ3v) is 6.99. The second-order valence-corrected chi connectivity index (χ2v) is 10.2. The molecule has 7 nitrogen and oxygen atoms in total. The summed E-state index contributed by atoms with van der Waals surface area (Å²) in [5.74, 6) is -15.8. The highest BCUT2D eigenvalue weighted by Crippen LogP contribution is 2.49. The monoisotopic (exact) mass is 697 g/mol. The molecule has 0 aliphatic heterocycles. The fourth-order valence-corrected chi connectivity index (χ4v) is 4.58. The molecular formula is C30H22F11N3O4. The number of carbonyl (C=O) groups excluding carboxylic acids is 2. The Bertz CT molecular complexity index is 1830. The van der Waals surface area contributed by atoms with Crippen molar-refractivity contribution in [1.29, 1.82) is 0 Å². The van der Waals surface area contributed by atoms with Crippen LogP contribution in [0.1, 0.15) is 33.6 Å². The number of anilines is 1. The molecule has 0 aliphatic carbocycles. The highest BCUT2D eigenvalue weighted by atomic mass is 19.4. The molecule has 0 saturated heterocycles. The lowest BCUT2D eigenvalue weighted by Crippen LogP contribution is -2.52. The van der Waals surface area contributed by atoms with Gasteiger partial charge in [-0.25, -0.2) is 4.39 Å². The van der Waals surface area contributed by atoms with E-state index in [0.717, 1.165) is 37.4 Å². The normalized spacial score (nSPS) is 12.7. The number of ether oxygens (including phenoxy) is 1. The molecule has 0 saturated carbocycles. The van der Waals surface area contributed by atoms with Crippen molar-refractivity contribution >= 4 is 28.6 Å². The van der Waals surface area contributed by atoms with Crippen molar-refractivity contribution in [2.75, 3.05) is 26.0 Å². The first-order valence-electron chi connectivity index (χ1n) is 13.5. The van der Waals surface area contributed by atoms with Crippen molar-refractivity contribution < 1.29 is 67.0 Å². The Labute approximate surface area is 263 Å². The van der Waals surface area contributed by atoms with Crippen LogP contribution in [-0.4, -0.2) is 61.6 Å². The van der Waals surface area contributed by atoms with Crippen LogP contribution in [-0.2, 0) is 0 Å². The van der Waals surface area contributed by atoms with Crippen LogP contribution in [0.4, 0.5) is 54.1 Å². The summed E-state index contributed by atoms with van der Waals surface area (Å²) in [6.07, 6.45) is -15.1. The molecule has 0 unspecified atom stereocenters. The van der Waals surface area contributed by atoms with Crippen LogP contribution in [0, 0.1) is 5.82 Å². The van der Waals surface area contributed by atoms with Gasteiger partial charge in [-0.1, -0.05) is 6.07 Å². The van der Waals surface area contributed by atoms with Gasteiger partial charge in [0.1, 0.15) is 29.7 Å². The molecule has 0 fully saturated rings. The predicted octanol–water partition coefficient (Wildman–Crippen LogP) is 8.44. The molecule has 2 aromatic heterocycles. The molecule has 4 rings (SSSR count). The molecule has 2 aromatic carbocycles. The molecular weight excluding hydrogens is 675 g/mol. The number of carbonyl (C=O) groups is 2. The van der Waals surface area contributed by atoms with Crippen LogP contribution < -0.4 is 15.4 Å². The molecule has 48 heavy (non-hydrogen) atoms. The van der Waals surface area contributed by atoms with Crippen LogP contribution in [0.5, 0.6) is 5.75 Å². The highest BCUT2D eigenvalue weighted by Gasteiger charge is 2.72. The van der Waals surface area contributed by atoms with Crippen LogP contribution in [0.25, 0.3) is 33.6 Å². The number of furan rings is 1. The molecule has 2 heterocycles. The molecule has 258 valence electrons. The molecule has 2 N–H and O–H groups in total. The van der Waals surface area contributed by atoms with Gasteiger partial charge in [-0.15, -0.1) is 0 Å². The lowest BCUT2D eigenvalue weighted by Gasteiger charge is -2.28. The molecule has 4 aromatic rings. The van der Waals surface area contributed by atoms with E-state index >= 15 is 0 Å². The van der Waals surface area contributed by atoms with Crippen LogP contribution in [0.15, 0.2) is 52.9 Å². The summed E-state index contributed by atoms with van der Waals surface area (Å²) in [7, 11) is 2.29. The molecule has 0 spiro atoms. The standard InChI is InChI=1S/C30H22F11N3O4/c1-42-25(46)22-19-12-17(24(43-13-28(34,35)36)44-26(19)48-23(22)14-3-6-16(31)7-4-14)15-5-8-21(47-2)18(11-15)20(45)9-10-27(32,33)29(37,38)30(39,40)41/h3-8,11-12H,9-10,13H2,1-2H3,(H,42,46)(H,43,44). The maximum absolute atomic E-state index is 13.9. The third kappa shape index (κ3) is 7.16. The van der Waals surface area contributed by atoms with Crippen molar-refractivity contribution in [3.63, 3.8) is 0 Å². The first-order chi connectivity index (χ1) is 22.2. The van der Waals surface area contributed by atoms with Gasteiger partial charge in [-0.2, -0.15) is 48.9 Å². The second-order valence-electron chi connectivity index (χ2n) is 10.2. The Morgan fingerprint density at radius 1 is 0.896 bits per heavy atom. The summed E-state index contributed by atoms with van der Waals surface area (Å²) in [5.41, 5.74) is -1.28. The maximum atomic E-state index is 13.9. The summed E-state index contributed by atoms with van der Waals surface area (Å²) >= 11 is 0. The molecule has 18 heteroatoms. The van der Waals surface area contributed by atoms with Gasteiger partial charge in [0, 0.05) is 31.0 Å². The fraction of sp³-hybridized carbons (Fsp3) is 0.300. The highest BCUT2D eigenvalue weighted by molar-refractivity contribution is 6.12. The molecule has 0 bridgehead atoms. The number of nitrogens with zero attached hydrogens (tertiary/aromatic N) is 1. The van der Waals surface area contributed by atoms with Gasteiger partial charge in [-0.3, -0.25) is 9.59 Å². The van der Waals surface area contributed by atoms with Gasteiger partial charge >= 0.3 is 24.2 Å². The molecule has 0 atom stereocenters. The van der Waals surface area contributed by atoms with Crippen molar-refractivity contribution in [2.24, 2.45) is 0 Å². The lowest BCUT2D eigenvalue weighted by atomic mass is 9.95. The minimum atomic E-state index is -6.61. The largest absolute Gasteiger partial charge is 0.496 e. The second kappa shape index (κ2) is 13.0. The first kappa shape index (κ1) is 35.9. The Balaban J connectivity index is 1.87. The molecule has 0 radical (unpaired) electrons. The van der Waals surface area contributed by atoms with E-state index in [-0.39, 0.29) is 44.9 Å². The number of hydrogen-bond donors (Lipinski definition) is 2. The molecule has 1 amide bonds. The Morgan fingerprint density at radius 3 is 2.08 bits per heavy atom. The van der Waals surface area contributed by atoms with Gasteiger partial charge in [0.15, 0.2) is 5.78 Å². The van der Waals surface area contributed by atoms with Gasteiger partial charge in [0.2, 0.25) is 5.71 Å². The van der Waals surface area contributed by atoms with Crippen LogP contribution in [0.3, 0.4) is 0 Å². The lowest BCUT2D eigenvalue weighted by molar-refractivity contribution is -0.355. The van der Waals surface area contributed by atoms with Gasteiger partial charge in [-0.05, 0) is 48.0 Å². The fourth-order valence-electron chi connectivity index (χ4n) is 4.58. The minimum Gasteiger partial charge on any atom is -0.496 e. The zero-order chi connectivity index (χ0) is 35.8. The summed E-state index contributed by atoms with van der Waals surface area (Å²) in [6, 6.07) is 8.99. The number of amides is 1. The summed E-state index contributed by atoms with van der Waals surface area (Å²) in [5, 5.41) is 4.37. The van der Waals surface area contributed by atoms with Gasteiger partial charge < -0.3 is 19.8 Å². The average Bonchev–Trinajstić information content (AvgIpc) is 3.39. The number of hydrogen-bond acceptors (Lipinski definition) is 6. The number of methoxy groups -OCH3 is 1. The van der Waals surface area contributed by atoms with E-state index < -0.39 is 72.5 Å². The summed E-state index contributed by atoms with van der Waals surface area (Å²) < 4.78 is 156. The maximum Gasteiger partial charge on any atom is 0.459 e. The minimum absolute atomic E-state index is 0.0704. The van der Waals surface area contributed by atoms with Crippen molar-refractivity contribution in [2.45, 2.75) is 37.0 Å². The van der Waals surface area contributed by atoms with Crippen molar-refractivity contribution in [3.05, 3.63) is 65.5 Å². The van der Waals surface area contributed by atoms with E-state index in [0.29, 0.717) is 0 Å². The topological polar surface area (TPSA) is 93.5 Å². The van der Waals surface area contributed by atoms with Crippen molar-refractivity contribution in [1.82, 2.24) is 10.3 Å². The first-order valence-corrected chi connectivity index (χ1v) is 13.5. The number of nitrogens with one attached hydrogen (secondary N) is 2. The number of alkyl halides is 10. The predicted molar refractivity (Wildman–Crippen MR) is 149 cm³/mol. The summed E-state index contributed by atoms with van der Waals surface area (Å²) in [4.78, 5) is 30.0. The van der Waals surface area contributed by atoms with E-state index in [2.05, 4.69) is 15.6 Å². The van der Waals surface area contributed by atoms with Crippen LogP contribution in [0.2, 0.25) is 0 Å². The number of aromatic nitrogens is 1. The van der Waals surface area contributed by atoms with E-state index in [4.69, 9.17) is 9.15 Å². The Kier molecular flexibility index (Phi) is 9.70. The third-order valence-electron chi connectivity index (χ3n) is 6.99.